The third kappa shape index (κ3) is 3.82. The Bertz CT molecular complexity index is 2440. The molecule has 2 heteroatoms. The van der Waals surface area contributed by atoms with Gasteiger partial charge in [-0.1, -0.05) is 127 Å². The average molecular weight is 562 g/mol. The van der Waals surface area contributed by atoms with Crippen LogP contribution in [0.4, 0.5) is 0 Å². The van der Waals surface area contributed by atoms with Crippen molar-refractivity contribution in [1.29, 1.82) is 0 Å². The van der Waals surface area contributed by atoms with E-state index < -0.39 is 0 Å². The maximum atomic E-state index is 6.73. The molecule has 0 amide bonds. The second kappa shape index (κ2) is 9.86. The first-order valence-electron chi connectivity index (χ1n) is 15.0. The van der Waals surface area contributed by atoms with E-state index in [1.54, 1.807) is 0 Å². The molecular weight excluding hydrogens is 534 g/mol. The topological polar surface area (TPSA) is 18.1 Å². The minimum Gasteiger partial charge on any atom is -0.454 e. The van der Waals surface area contributed by atoms with Gasteiger partial charge in [-0.3, -0.25) is 0 Å². The maximum Gasteiger partial charge on any atom is 0.159 e. The Hall–Kier alpha value is -5.86. The van der Waals surface area contributed by atoms with Crippen LogP contribution in [0, 0.1) is 0 Å². The minimum absolute atomic E-state index is 0.891. The second-order valence-corrected chi connectivity index (χ2v) is 11.3. The van der Waals surface area contributed by atoms with Crippen molar-refractivity contribution in [3.63, 3.8) is 0 Å². The van der Waals surface area contributed by atoms with Crippen LogP contribution in [0.1, 0.15) is 0 Å². The summed E-state index contributed by atoms with van der Waals surface area (Å²) in [6.07, 6.45) is 0. The van der Waals surface area contributed by atoms with Crippen LogP contribution >= 0.6 is 0 Å². The highest BCUT2D eigenvalue weighted by atomic mass is 16.3. The van der Waals surface area contributed by atoms with E-state index >= 15 is 0 Å². The summed E-state index contributed by atoms with van der Waals surface area (Å²) >= 11 is 0. The zero-order valence-corrected chi connectivity index (χ0v) is 23.9. The molecule has 9 aromatic rings. The monoisotopic (exact) mass is 561 g/mol. The van der Waals surface area contributed by atoms with E-state index in [-0.39, 0.29) is 0 Å². The fourth-order valence-corrected chi connectivity index (χ4v) is 6.81. The number of hydrogen-bond acceptors (Lipinski definition) is 1. The smallest absolute Gasteiger partial charge is 0.159 e. The highest BCUT2D eigenvalue weighted by Gasteiger charge is 2.19. The van der Waals surface area contributed by atoms with Crippen LogP contribution in [0.3, 0.4) is 0 Å². The van der Waals surface area contributed by atoms with Crippen LogP contribution in [0.5, 0.6) is 0 Å². The molecule has 44 heavy (non-hydrogen) atoms. The molecule has 7 aromatic carbocycles. The molecule has 2 aromatic heterocycles. The fourth-order valence-electron chi connectivity index (χ4n) is 6.81. The summed E-state index contributed by atoms with van der Waals surface area (Å²) in [6.45, 7) is 0. The molecule has 0 spiro atoms. The zero-order chi connectivity index (χ0) is 29.0. The highest BCUT2D eigenvalue weighted by molar-refractivity contribution is 6.16. The van der Waals surface area contributed by atoms with Crippen molar-refractivity contribution < 1.29 is 4.42 Å². The molecule has 206 valence electrons. The number of rotatable bonds is 4. The number of fused-ring (bicyclic) bond motifs is 6. The van der Waals surface area contributed by atoms with Crippen molar-refractivity contribution >= 4 is 43.7 Å². The molecule has 0 aliphatic carbocycles. The van der Waals surface area contributed by atoms with Crippen molar-refractivity contribution in [2.75, 3.05) is 0 Å². The van der Waals surface area contributed by atoms with Crippen LogP contribution < -0.4 is 0 Å². The molecule has 0 bridgehead atoms. The average Bonchev–Trinajstić information content (AvgIpc) is 3.65. The summed E-state index contributed by atoms with van der Waals surface area (Å²) in [7, 11) is 0. The van der Waals surface area contributed by atoms with Gasteiger partial charge in [0, 0.05) is 21.5 Å². The lowest BCUT2D eigenvalue weighted by atomic mass is 9.94. The molecule has 0 atom stereocenters. The molecule has 0 saturated heterocycles. The van der Waals surface area contributed by atoms with E-state index in [0.29, 0.717) is 0 Å². The van der Waals surface area contributed by atoms with Gasteiger partial charge < -0.3 is 8.98 Å². The number of aromatic nitrogens is 1. The third-order valence-corrected chi connectivity index (χ3v) is 8.80. The van der Waals surface area contributed by atoms with Gasteiger partial charge in [-0.25, -0.2) is 0 Å². The Morgan fingerprint density at radius 1 is 0.386 bits per heavy atom. The molecule has 0 radical (unpaired) electrons. The lowest BCUT2D eigenvalue weighted by Crippen LogP contribution is -1.94. The van der Waals surface area contributed by atoms with Crippen molar-refractivity contribution in [3.8, 4) is 39.1 Å². The lowest BCUT2D eigenvalue weighted by molar-refractivity contribution is 0.666. The number of para-hydroxylation sites is 3. The Balaban J connectivity index is 1.23. The maximum absolute atomic E-state index is 6.73. The van der Waals surface area contributed by atoms with Gasteiger partial charge >= 0.3 is 0 Å². The summed E-state index contributed by atoms with van der Waals surface area (Å²) in [6, 6.07) is 58.3. The highest BCUT2D eigenvalue weighted by Crippen LogP contribution is 2.41. The van der Waals surface area contributed by atoms with E-state index in [2.05, 4.69) is 168 Å². The Morgan fingerprint density at radius 2 is 0.909 bits per heavy atom. The molecule has 0 fully saturated rings. The summed E-state index contributed by atoms with van der Waals surface area (Å²) in [5, 5.41) is 4.74. The Labute approximate surface area is 255 Å². The largest absolute Gasteiger partial charge is 0.454 e. The van der Waals surface area contributed by atoms with Gasteiger partial charge in [0.2, 0.25) is 0 Å². The number of nitrogens with zero attached hydrogens (tertiary/aromatic N) is 1. The molecule has 9 rings (SSSR count). The summed E-state index contributed by atoms with van der Waals surface area (Å²) < 4.78 is 9.07. The van der Waals surface area contributed by atoms with E-state index in [1.165, 1.54) is 55.2 Å². The third-order valence-electron chi connectivity index (χ3n) is 8.80. The number of hydrogen-bond donors (Lipinski definition) is 0. The fraction of sp³-hybridized carbons (Fsp3) is 0. The SMILES string of the molecule is c1ccc(-c2cccc(-c3cccc(-c4cccc5oc6c(-n7c8ccccc8c8ccccc87)cccc6c45)c3)c2)cc1. The summed E-state index contributed by atoms with van der Waals surface area (Å²) in [5.74, 6) is 0. The van der Waals surface area contributed by atoms with Gasteiger partial charge in [-0.2, -0.15) is 0 Å². The van der Waals surface area contributed by atoms with Crippen LogP contribution in [-0.4, -0.2) is 4.57 Å². The standard InChI is InChI=1S/C42H27NO/c1-2-12-28(13-3-1)29-14-8-15-30(26-29)31-16-9-17-32(27-31)33-20-11-25-40-41(33)36-21-10-24-39(42(36)44-40)43-37-22-6-4-18-34(37)35-19-5-7-23-38(35)43/h1-27H. The Kier molecular flexibility index (Phi) is 5.54. The van der Waals surface area contributed by atoms with Crippen LogP contribution in [0.25, 0.3) is 82.8 Å². The van der Waals surface area contributed by atoms with Crippen molar-refractivity contribution in [3.05, 3.63) is 164 Å². The van der Waals surface area contributed by atoms with Gasteiger partial charge in [0.1, 0.15) is 5.58 Å². The zero-order valence-electron chi connectivity index (χ0n) is 23.9. The van der Waals surface area contributed by atoms with Gasteiger partial charge in [0.05, 0.1) is 16.7 Å². The molecule has 0 aliphatic rings. The predicted octanol–water partition coefficient (Wildman–Crippen LogP) is 11.7. The van der Waals surface area contributed by atoms with Gasteiger partial charge in [-0.05, 0) is 69.8 Å². The predicted molar refractivity (Wildman–Crippen MR) is 184 cm³/mol. The van der Waals surface area contributed by atoms with Gasteiger partial charge in [0.15, 0.2) is 5.58 Å². The van der Waals surface area contributed by atoms with Crippen molar-refractivity contribution in [1.82, 2.24) is 4.57 Å². The molecule has 0 aliphatic heterocycles. The molecule has 2 heterocycles. The van der Waals surface area contributed by atoms with Gasteiger partial charge in [-0.15, -0.1) is 0 Å². The minimum atomic E-state index is 0.891. The van der Waals surface area contributed by atoms with E-state index in [9.17, 15) is 0 Å². The van der Waals surface area contributed by atoms with Gasteiger partial charge in [0.25, 0.3) is 0 Å². The Morgan fingerprint density at radius 3 is 1.64 bits per heavy atom. The molecule has 0 unspecified atom stereocenters. The molecule has 0 saturated carbocycles. The lowest BCUT2D eigenvalue weighted by Gasteiger charge is -2.10. The van der Waals surface area contributed by atoms with E-state index in [1.807, 2.05) is 0 Å². The quantitative estimate of drug-likeness (QED) is 0.209. The first-order chi connectivity index (χ1) is 21.8. The normalized spacial score (nSPS) is 11.6. The van der Waals surface area contributed by atoms with Crippen LogP contribution in [0.15, 0.2) is 168 Å². The van der Waals surface area contributed by atoms with Crippen LogP contribution in [0.2, 0.25) is 0 Å². The summed E-state index contributed by atoms with van der Waals surface area (Å²) in [5.41, 5.74) is 12.4. The first kappa shape index (κ1) is 24.7. The molecule has 2 nitrogen and oxygen atoms in total. The van der Waals surface area contributed by atoms with E-state index in [0.717, 1.165) is 27.6 Å². The first-order valence-corrected chi connectivity index (χ1v) is 15.0. The van der Waals surface area contributed by atoms with Crippen molar-refractivity contribution in [2.45, 2.75) is 0 Å². The number of benzene rings is 7. The van der Waals surface area contributed by atoms with E-state index in [4.69, 9.17) is 4.42 Å². The number of furan rings is 1. The summed E-state index contributed by atoms with van der Waals surface area (Å²) in [4.78, 5) is 0. The second-order valence-electron chi connectivity index (χ2n) is 11.3. The molecular formula is C42H27NO. The van der Waals surface area contributed by atoms with Crippen LogP contribution in [-0.2, 0) is 0 Å². The molecule has 0 N–H and O–H groups in total. The van der Waals surface area contributed by atoms with Crippen molar-refractivity contribution in [2.24, 2.45) is 0 Å².